The number of benzene rings is 1. The predicted octanol–water partition coefficient (Wildman–Crippen LogP) is 1.94. The molecule has 4 rings (SSSR count). The lowest BCUT2D eigenvalue weighted by Crippen LogP contribution is -2.17. The Labute approximate surface area is 153 Å². The molecule has 8 nitrogen and oxygen atoms in total. The van der Waals surface area contributed by atoms with Crippen molar-refractivity contribution in [3.63, 3.8) is 0 Å². The molecule has 0 fully saturated rings. The van der Waals surface area contributed by atoms with Gasteiger partial charge in [-0.05, 0) is 42.8 Å². The Balaban J connectivity index is 1.50. The van der Waals surface area contributed by atoms with E-state index in [4.69, 9.17) is 4.74 Å². The van der Waals surface area contributed by atoms with E-state index in [1.165, 1.54) is 16.8 Å². The third kappa shape index (κ3) is 3.32. The van der Waals surface area contributed by atoms with Crippen LogP contribution in [0.25, 0.3) is 11.3 Å². The lowest BCUT2D eigenvalue weighted by molar-refractivity contribution is 0.0467. The Bertz CT molecular complexity index is 1160. The van der Waals surface area contributed by atoms with Crippen LogP contribution in [0.2, 0.25) is 0 Å². The molecule has 0 radical (unpaired) electrons. The summed E-state index contributed by atoms with van der Waals surface area (Å²) >= 11 is 0. The van der Waals surface area contributed by atoms with Gasteiger partial charge in [0, 0.05) is 12.3 Å². The smallest absolute Gasteiger partial charge is 0.338 e. The van der Waals surface area contributed by atoms with Crippen LogP contribution in [0.15, 0.2) is 66.1 Å². The van der Waals surface area contributed by atoms with Crippen LogP contribution in [0.3, 0.4) is 0 Å². The number of rotatable bonds is 4. The van der Waals surface area contributed by atoms with Crippen LogP contribution in [0.4, 0.5) is 0 Å². The number of carbonyl (C=O) groups excluding carboxylic acids is 1. The van der Waals surface area contributed by atoms with E-state index >= 15 is 0 Å². The van der Waals surface area contributed by atoms with E-state index < -0.39 is 5.97 Å². The molecule has 0 aliphatic heterocycles. The number of carbonyl (C=O) groups is 1. The largest absolute Gasteiger partial charge is 0.456 e. The number of hydrogen-bond donors (Lipinski definition) is 0. The minimum Gasteiger partial charge on any atom is -0.456 e. The first-order valence-electron chi connectivity index (χ1n) is 8.22. The van der Waals surface area contributed by atoms with E-state index in [0.29, 0.717) is 16.9 Å². The van der Waals surface area contributed by atoms with Gasteiger partial charge in [0.15, 0.2) is 0 Å². The Morgan fingerprint density at radius 2 is 2.00 bits per heavy atom. The molecule has 0 saturated heterocycles. The molecule has 4 aromatic rings. The fraction of sp³-hybridized carbons (Fsp3) is 0.105. The second kappa shape index (κ2) is 6.83. The van der Waals surface area contributed by atoms with Crippen LogP contribution in [0, 0.1) is 6.92 Å². The highest BCUT2D eigenvalue weighted by atomic mass is 16.5. The summed E-state index contributed by atoms with van der Waals surface area (Å²) in [5, 5.41) is 4.03. The van der Waals surface area contributed by atoms with Gasteiger partial charge in [0.25, 0.3) is 5.56 Å². The van der Waals surface area contributed by atoms with Gasteiger partial charge in [-0.1, -0.05) is 6.07 Å². The summed E-state index contributed by atoms with van der Waals surface area (Å²) in [5.41, 5.74) is 2.78. The zero-order chi connectivity index (χ0) is 18.8. The fourth-order valence-electron chi connectivity index (χ4n) is 2.70. The van der Waals surface area contributed by atoms with E-state index in [9.17, 15) is 9.59 Å². The molecule has 3 aromatic heterocycles. The molecule has 1 aromatic carbocycles. The molecule has 0 aliphatic rings. The Hall–Kier alpha value is -3.81. The summed E-state index contributed by atoms with van der Waals surface area (Å²) in [6.45, 7) is 1.79. The van der Waals surface area contributed by atoms with E-state index in [0.717, 1.165) is 11.3 Å². The summed E-state index contributed by atoms with van der Waals surface area (Å²) < 4.78 is 8.35. The molecule has 0 saturated carbocycles. The van der Waals surface area contributed by atoms with Crippen molar-refractivity contribution < 1.29 is 9.53 Å². The highest BCUT2D eigenvalue weighted by Gasteiger charge is 2.10. The molecule has 8 heteroatoms. The molecule has 27 heavy (non-hydrogen) atoms. The number of esters is 1. The number of ether oxygens (including phenoxy) is 1. The molecule has 134 valence electrons. The second-order valence-corrected chi connectivity index (χ2v) is 5.93. The number of pyridine rings is 1. The third-order valence-corrected chi connectivity index (χ3v) is 4.08. The molecular formula is C19H15N5O3. The van der Waals surface area contributed by atoms with Gasteiger partial charge in [-0.15, -0.1) is 0 Å². The number of aryl methyl sites for hydroxylation is 1. The van der Waals surface area contributed by atoms with Gasteiger partial charge in [0.2, 0.25) is 0 Å². The summed E-state index contributed by atoms with van der Waals surface area (Å²) in [4.78, 5) is 32.7. The average molecular weight is 361 g/mol. The molecule has 3 heterocycles. The first kappa shape index (κ1) is 16.6. The van der Waals surface area contributed by atoms with Gasteiger partial charge in [0.05, 0.1) is 16.9 Å². The van der Waals surface area contributed by atoms with Crippen molar-refractivity contribution in [1.29, 1.82) is 0 Å². The first-order valence-corrected chi connectivity index (χ1v) is 8.22. The SMILES string of the molecule is Cc1cccn2c(=O)cc(COC(=O)c3ccc(-n4cncn4)cc3)nc12. The Morgan fingerprint density at radius 3 is 2.74 bits per heavy atom. The second-order valence-electron chi connectivity index (χ2n) is 5.93. The Kier molecular flexibility index (Phi) is 4.21. The van der Waals surface area contributed by atoms with Crippen molar-refractivity contribution >= 4 is 11.6 Å². The highest BCUT2D eigenvalue weighted by Crippen LogP contribution is 2.11. The van der Waals surface area contributed by atoms with E-state index in [2.05, 4.69) is 15.1 Å². The predicted molar refractivity (Wildman–Crippen MR) is 96.7 cm³/mol. The van der Waals surface area contributed by atoms with Crippen LogP contribution in [-0.2, 0) is 11.3 Å². The maximum atomic E-state index is 12.3. The van der Waals surface area contributed by atoms with Crippen LogP contribution < -0.4 is 5.56 Å². The molecule has 0 bridgehead atoms. The number of nitrogens with zero attached hydrogens (tertiary/aromatic N) is 5. The van der Waals surface area contributed by atoms with Crippen LogP contribution in [-0.4, -0.2) is 30.1 Å². The average Bonchev–Trinajstić information content (AvgIpc) is 3.22. The van der Waals surface area contributed by atoms with Crippen LogP contribution >= 0.6 is 0 Å². The Morgan fingerprint density at radius 1 is 1.19 bits per heavy atom. The van der Waals surface area contributed by atoms with Gasteiger partial charge in [0.1, 0.15) is 24.9 Å². The lowest BCUT2D eigenvalue weighted by Gasteiger charge is -2.08. The summed E-state index contributed by atoms with van der Waals surface area (Å²) in [7, 11) is 0. The lowest BCUT2D eigenvalue weighted by atomic mass is 10.2. The normalized spacial score (nSPS) is 10.9. The van der Waals surface area contributed by atoms with Gasteiger partial charge in [-0.2, -0.15) is 5.10 Å². The third-order valence-electron chi connectivity index (χ3n) is 4.08. The van der Waals surface area contributed by atoms with E-state index in [-0.39, 0.29) is 12.2 Å². The molecular weight excluding hydrogens is 346 g/mol. The van der Waals surface area contributed by atoms with Gasteiger partial charge < -0.3 is 4.74 Å². The molecule has 0 atom stereocenters. The summed E-state index contributed by atoms with van der Waals surface area (Å²) in [5.74, 6) is -0.494. The van der Waals surface area contributed by atoms with Crippen LogP contribution in [0.1, 0.15) is 21.6 Å². The van der Waals surface area contributed by atoms with Crippen molar-refractivity contribution in [3.8, 4) is 5.69 Å². The van der Waals surface area contributed by atoms with Crippen molar-refractivity contribution in [2.75, 3.05) is 0 Å². The van der Waals surface area contributed by atoms with E-state index in [1.54, 1.807) is 47.5 Å². The minimum absolute atomic E-state index is 0.0796. The summed E-state index contributed by atoms with van der Waals surface area (Å²) in [6, 6.07) is 11.8. The van der Waals surface area contributed by atoms with Gasteiger partial charge >= 0.3 is 5.97 Å². The highest BCUT2D eigenvalue weighted by molar-refractivity contribution is 5.89. The maximum absolute atomic E-state index is 12.3. The monoisotopic (exact) mass is 361 g/mol. The van der Waals surface area contributed by atoms with Crippen molar-refractivity contribution in [3.05, 3.63) is 88.5 Å². The minimum atomic E-state index is -0.494. The topological polar surface area (TPSA) is 91.4 Å². The number of hydrogen-bond acceptors (Lipinski definition) is 6. The standard InChI is InChI=1S/C19H15N5O3/c1-13-3-2-8-23-17(25)9-15(22-18(13)23)10-27-19(26)14-4-6-16(7-5-14)24-12-20-11-21-24/h2-9,11-12H,10H2,1H3. The molecule has 0 N–H and O–H groups in total. The van der Waals surface area contributed by atoms with Crippen molar-refractivity contribution in [2.24, 2.45) is 0 Å². The summed E-state index contributed by atoms with van der Waals surface area (Å²) in [6.07, 6.45) is 4.66. The first-order chi connectivity index (χ1) is 13.1. The quantitative estimate of drug-likeness (QED) is 0.516. The molecule has 0 aliphatic carbocycles. The van der Waals surface area contributed by atoms with E-state index in [1.807, 2.05) is 13.0 Å². The van der Waals surface area contributed by atoms with Crippen molar-refractivity contribution in [1.82, 2.24) is 24.1 Å². The zero-order valence-electron chi connectivity index (χ0n) is 14.4. The fourth-order valence-corrected chi connectivity index (χ4v) is 2.70. The van der Waals surface area contributed by atoms with Crippen LogP contribution in [0.5, 0.6) is 0 Å². The zero-order valence-corrected chi connectivity index (χ0v) is 14.4. The van der Waals surface area contributed by atoms with Gasteiger partial charge in [-0.25, -0.2) is 19.4 Å². The van der Waals surface area contributed by atoms with Gasteiger partial charge in [-0.3, -0.25) is 9.20 Å². The number of aromatic nitrogens is 5. The molecule has 0 spiro atoms. The van der Waals surface area contributed by atoms with Crippen molar-refractivity contribution in [2.45, 2.75) is 13.5 Å². The maximum Gasteiger partial charge on any atom is 0.338 e. The molecule has 0 amide bonds. The number of fused-ring (bicyclic) bond motifs is 1. The molecule has 0 unspecified atom stereocenters.